The molecular formula is C9H11N3O2S3. The third-order valence-electron chi connectivity index (χ3n) is 2.02. The molecule has 92 valence electrons. The minimum Gasteiger partial charge on any atom is -0.398 e. The number of nitrogens with one attached hydrogen (secondary N) is 1. The number of thiophene rings is 1. The lowest BCUT2D eigenvalue weighted by Gasteiger charge is -2.02. The number of nitrogens with two attached hydrogens (primary N) is 1. The Kier molecular flexibility index (Phi) is 3.77. The van der Waals surface area contributed by atoms with Crippen LogP contribution in [-0.2, 0) is 16.4 Å². The predicted molar refractivity (Wildman–Crippen MR) is 69.7 cm³/mol. The van der Waals surface area contributed by atoms with Gasteiger partial charge in [-0.3, -0.25) is 0 Å². The second-order valence-corrected chi connectivity index (χ2v) is 6.95. The van der Waals surface area contributed by atoms with Crippen molar-refractivity contribution in [1.82, 2.24) is 9.71 Å². The molecule has 2 aromatic heterocycles. The molecule has 0 amide bonds. The molecule has 0 spiro atoms. The molecule has 2 rings (SSSR count). The Labute approximate surface area is 107 Å². The van der Waals surface area contributed by atoms with Crippen LogP contribution in [-0.4, -0.2) is 19.9 Å². The molecule has 0 aliphatic rings. The number of rotatable bonds is 5. The van der Waals surface area contributed by atoms with Gasteiger partial charge in [0.05, 0.1) is 11.2 Å². The van der Waals surface area contributed by atoms with Gasteiger partial charge in [-0.25, -0.2) is 18.1 Å². The van der Waals surface area contributed by atoms with E-state index in [1.165, 1.54) is 17.4 Å². The molecule has 0 atom stereocenters. The molecule has 0 saturated heterocycles. The van der Waals surface area contributed by atoms with Crippen LogP contribution in [0, 0.1) is 0 Å². The van der Waals surface area contributed by atoms with Gasteiger partial charge in [0.25, 0.3) is 0 Å². The molecule has 3 N–H and O–H groups in total. The van der Waals surface area contributed by atoms with Gasteiger partial charge in [-0.1, -0.05) is 0 Å². The topological polar surface area (TPSA) is 85.1 Å². The number of hydrogen-bond donors (Lipinski definition) is 2. The smallest absolute Gasteiger partial charge is 0.250 e. The lowest BCUT2D eigenvalue weighted by molar-refractivity contribution is 0.583. The zero-order chi connectivity index (χ0) is 12.3. The van der Waals surface area contributed by atoms with E-state index >= 15 is 0 Å². The van der Waals surface area contributed by atoms with Crippen LogP contribution in [0.25, 0.3) is 0 Å². The summed E-state index contributed by atoms with van der Waals surface area (Å²) in [6.45, 7) is 0.337. The fourth-order valence-electron chi connectivity index (χ4n) is 1.22. The van der Waals surface area contributed by atoms with Crippen molar-refractivity contribution in [3.63, 3.8) is 0 Å². The van der Waals surface area contributed by atoms with Crippen molar-refractivity contribution in [3.05, 3.63) is 28.0 Å². The maximum atomic E-state index is 11.8. The fourth-order valence-corrected chi connectivity index (χ4v) is 3.97. The number of sulfonamides is 1. The predicted octanol–water partition coefficient (Wildman–Crippen LogP) is 1.31. The molecule has 0 aromatic carbocycles. The standard InChI is InChI=1S/C9H11N3O2S3/c10-7-3-9(16-4-7)17(13,14)12-2-1-8-5-15-6-11-8/h3-6,12H,1-2,10H2. The molecular weight excluding hydrogens is 278 g/mol. The van der Waals surface area contributed by atoms with Gasteiger partial charge < -0.3 is 5.73 Å². The monoisotopic (exact) mass is 289 g/mol. The summed E-state index contributed by atoms with van der Waals surface area (Å²) in [5, 5.41) is 3.51. The second-order valence-electron chi connectivity index (χ2n) is 3.33. The summed E-state index contributed by atoms with van der Waals surface area (Å²) in [7, 11) is -3.43. The summed E-state index contributed by atoms with van der Waals surface area (Å²) < 4.78 is 26.4. The Morgan fingerprint density at radius 3 is 2.82 bits per heavy atom. The molecule has 17 heavy (non-hydrogen) atoms. The number of anilines is 1. The summed E-state index contributed by atoms with van der Waals surface area (Å²) in [6.07, 6.45) is 0.587. The van der Waals surface area contributed by atoms with Gasteiger partial charge >= 0.3 is 0 Å². The Balaban J connectivity index is 1.94. The Morgan fingerprint density at radius 2 is 2.24 bits per heavy atom. The first-order valence-corrected chi connectivity index (χ1v) is 8.09. The molecule has 0 radical (unpaired) electrons. The summed E-state index contributed by atoms with van der Waals surface area (Å²) in [5.74, 6) is 0. The van der Waals surface area contributed by atoms with Crippen molar-refractivity contribution in [2.24, 2.45) is 0 Å². The van der Waals surface area contributed by atoms with Crippen molar-refractivity contribution < 1.29 is 8.42 Å². The summed E-state index contributed by atoms with van der Waals surface area (Å²) >= 11 is 2.61. The van der Waals surface area contributed by atoms with Crippen molar-refractivity contribution in [1.29, 1.82) is 0 Å². The second kappa shape index (κ2) is 5.13. The minimum absolute atomic E-state index is 0.244. The van der Waals surface area contributed by atoms with E-state index in [9.17, 15) is 8.42 Å². The molecule has 0 saturated carbocycles. The molecule has 2 heterocycles. The van der Waals surface area contributed by atoms with Crippen LogP contribution in [0.1, 0.15) is 5.69 Å². The number of nitrogen functional groups attached to an aromatic ring is 1. The molecule has 8 heteroatoms. The fraction of sp³-hybridized carbons (Fsp3) is 0.222. The summed E-state index contributed by atoms with van der Waals surface area (Å²) in [6, 6.07) is 1.45. The number of hydrogen-bond acceptors (Lipinski definition) is 6. The van der Waals surface area contributed by atoms with Gasteiger partial charge in [-0.15, -0.1) is 22.7 Å². The quantitative estimate of drug-likeness (QED) is 0.869. The number of thiazole rings is 1. The van der Waals surface area contributed by atoms with Crippen LogP contribution in [0.3, 0.4) is 0 Å². The lowest BCUT2D eigenvalue weighted by Crippen LogP contribution is -2.25. The van der Waals surface area contributed by atoms with Crippen LogP contribution in [0.15, 0.2) is 26.5 Å². The van der Waals surface area contributed by atoms with Crippen molar-refractivity contribution >= 4 is 38.4 Å². The van der Waals surface area contributed by atoms with Gasteiger partial charge in [0, 0.05) is 29.4 Å². The highest BCUT2D eigenvalue weighted by Crippen LogP contribution is 2.21. The SMILES string of the molecule is Nc1csc(S(=O)(=O)NCCc2cscn2)c1. The third kappa shape index (κ3) is 3.25. The normalized spacial score (nSPS) is 11.8. The molecule has 5 nitrogen and oxygen atoms in total. The lowest BCUT2D eigenvalue weighted by atomic mass is 10.3. The Morgan fingerprint density at radius 1 is 1.41 bits per heavy atom. The first-order chi connectivity index (χ1) is 8.08. The van der Waals surface area contributed by atoms with E-state index in [-0.39, 0.29) is 4.21 Å². The van der Waals surface area contributed by atoms with E-state index in [2.05, 4.69) is 9.71 Å². The Bertz CT molecular complexity index is 574. The van der Waals surface area contributed by atoms with E-state index in [0.29, 0.717) is 18.7 Å². The van der Waals surface area contributed by atoms with E-state index in [4.69, 9.17) is 5.73 Å². The highest BCUT2D eigenvalue weighted by atomic mass is 32.2. The molecule has 0 aliphatic heterocycles. The number of aromatic nitrogens is 1. The van der Waals surface area contributed by atoms with Crippen LogP contribution < -0.4 is 10.5 Å². The van der Waals surface area contributed by atoms with E-state index in [1.807, 2.05) is 5.38 Å². The maximum absolute atomic E-state index is 11.8. The van der Waals surface area contributed by atoms with E-state index in [0.717, 1.165) is 17.0 Å². The molecule has 0 unspecified atom stereocenters. The summed E-state index contributed by atoms with van der Waals surface area (Å²) in [4.78, 5) is 4.08. The highest BCUT2D eigenvalue weighted by Gasteiger charge is 2.15. The van der Waals surface area contributed by atoms with Crippen LogP contribution >= 0.6 is 22.7 Å². The number of nitrogens with zero attached hydrogens (tertiary/aromatic N) is 1. The average molecular weight is 289 g/mol. The van der Waals surface area contributed by atoms with Gasteiger partial charge in [0.2, 0.25) is 10.0 Å². The van der Waals surface area contributed by atoms with E-state index < -0.39 is 10.0 Å². The van der Waals surface area contributed by atoms with Gasteiger partial charge in [0.15, 0.2) is 0 Å². The van der Waals surface area contributed by atoms with Crippen LogP contribution in [0.4, 0.5) is 5.69 Å². The first kappa shape index (κ1) is 12.5. The first-order valence-electron chi connectivity index (χ1n) is 4.79. The largest absolute Gasteiger partial charge is 0.398 e. The Hall–Kier alpha value is -0.960. The van der Waals surface area contributed by atoms with Crippen molar-refractivity contribution in [2.75, 3.05) is 12.3 Å². The van der Waals surface area contributed by atoms with Crippen LogP contribution in [0.2, 0.25) is 0 Å². The van der Waals surface area contributed by atoms with Crippen molar-refractivity contribution in [3.8, 4) is 0 Å². The highest BCUT2D eigenvalue weighted by molar-refractivity contribution is 7.91. The van der Waals surface area contributed by atoms with Gasteiger partial charge in [0.1, 0.15) is 4.21 Å². The van der Waals surface area contributed by atoms with Crippen molar-refractivity contribution in [2.45, 2.75) is 10.6 Å². The molecule has 2 aromatic rings. The maximum Gasteiger partial charge on any atom is 0.250 e. The minimum atomic E-state index is -3.43. The zero-order valence-electron chi connectivity index (χ0n) is 8.79. The third-order valence-corrected chi connectivity index (χ3v) is 5.57. The molecule has 0 bridgehead atoms. The zero-order valence-corrected chi connectivity index (χ0v) is 11.2. The van der Waals surface area contributed by atoms with Gasteiger partial charge in [-0.05, 0) is 6.07 Å². The summed E-state index contributed by atoms with van der Waals surface area (Å²) in [5.41, 5.74) is 8.58. The molecule has 0 fully saturated rings. The van der Waals surface area contributed by atoms with Crippen LogP contribution in [0.5, 0.6) is 0 Å². The van der Waals surface area contributed by atoms with E-state index in [1.54, 1.807) is 10.9 Å². The average Bonchev–Trinajstić information content (AvgIpc) is 2.89. The van der Waals surface area contributed by atoms with Gasteiger partial charge in [-0.2, -0.15) is 0 Å². The molecule has 0 aliphatic carbocycles.